The van der Waals surface area contributed by atoms with Crippen LogP contribution in [0.5, 0.6) is 0 Å². The number of nitriles is 1. The first kappa shape index (κ1) is 14.1. The third kappa shape index (κ3) is 3.07. The minimum absolute atomic E-state index is 0.360. The molecular weight excluding hydrogens is 286 g/mol. The molecule has 0 bridgehead atoms. The molecule has 3 rings (SSSR count). The zero-order chi connectivity index (χ0) is 14.7. The Kier molecular flexibility index (Phi) is 4.18. The molecule has 1 aromatic carbocycles. The molecule has 0 atom stereocenters. The molecule has 0 saturated carbocycles. The van der Waals surface area contributed by atoms with E-state index in [1.807, 2.05) is 28.9 Å². The van der Waals surface area contributed by atoms with Crippen LogP contribution in [0.1, 0.15) is 18.5 Å². The van der Waals surface area contributed by atoms with Gasteiger partial charge in [0.05, 0.1) is 6.54 Å². The van der Waals surface area contributed by atoms with Crippen LogP contribution in [0.3, 0.4) is 0 Å². The van der Waals surface area contributed by atoms with Gasteiger partial charge in [0.15, 0.2) is 5.69 Å². The van der Waals surface area contributed by atoms with Gasteiger partial charge in [-0.15, -0.1) is 5.10 Å². The van der Waals surface area contributed by atoms with Gasteiger partial charge in [0.2, 0.25) is 0 Å². The van der Waals surface area contributed by atoms with Crippen LogP contribution in [0.25, 0.3) is 11.3 Å². The van der Waals surface area contributed by atoms with Gasteiger partial charge in [-0.1, -0.05) is 28.9 Å². The molecule has 1 aromatic heterocycles. The maximum absolute atomic E-state index is 9.23. The van der Waals surface area contributed by atoms with Crippen molar-refractivity contribution in [2.45, 2.75) is 19.4 Å². The van der Waals surface area contributed by atoms with Crippen LogP contribution in [0.4, 0.5) is 0 Å². The number of hydrogen-bond donors (Lipinski definition) is 0. The van der Waals surface area contributed by atoms with E-state index in [0.717, 1.165) is 37.4 Å². The van der Waals surface area contributed by atoms with Gasteiger partial charge in [-0.3, -0.25) is 0 Å². The fourth-order valence-corrected chi connectivity index (χ4v) is 2.81. The molecule has 5 nitrogen and oxygen atoms in total. The van der Waals surface area contributed by atoms with Crippen LogP contribution >= 0.6 is 11.6 Å². The average molecular weight is 302 g/mol. The number of hydrogen-bond acceptors (Lipinski definition) is 4. The van der Waals surface area contributed by atoms with Gasteiger partial charge >= 0.3 is 0 Å². The van der Waals surface area contributed by atoms with Crippen molar-refractivity contribution in [2.75, 3.05) is 19.6 Å². The minimum Gasteiger partial charge on any atom is -0.301 e. The van der Waals surface area contributed by atoms with Gasteiger partial charge in [-0.05, 0) is 38.1 Å². The highest BCUT2D eigenvalue weighted by atomic mass is 35.5. The van der Waals surface area contributed by atoms with Crippen LogP contribution in [-0.4, -0.2) is 39.5 Å². The third-order valence-corrected chi connectivity index (χ3v) is 4.04. The molecule has 21 heavy (non-hydrogen) atoms. The van der Waals surface area contributed by atoms with Crippen LogP contribution < -0.4 is 0 Å². The number of rotatable bonds is 4. The van der Waals surface area contributed by atoms with Crippen LogP contribution in [0.2, 0.25) is 5.02 Å². The van der Waals surface area contributed by atoms with Crippen LogP contribution in [-0.2, 0) is 6.54 Å². The highest BCUT2D eigenvalue weighted by Crippen LogP contribution is 2.23. The Morgan fingerprint density at radius 3 is 2.52 bits per heavy atom. The Morgan fingerprint density at radius 2 is 1.86 bits per heavy atom. The molecule has 1 fully saturated rings. The number of aromatic nitrogens is 3. The Labute approximate surface area is 128 Å². The standard InChI is InChI=1S/C15H16ClN5/c16-13-5-3-12(4-6-13)15-14(11-17)18-19-21(15)10-9-20-7-1-2-8-20/h3-6H,1-2,7-10H2. The lowest BCUT2D eigenvalue weighted by atomic mass is 10.1. The molecule has 1 aliphatic heterocycles. The van der Waals surface area contributed by atoms with E-state index in [-0.39, 0.29) is 0 Å². The fraction of sp³-hybridized carbons (Fsp3) is 0.400. The molecule has 0 unspecified atom stereocenters. The van der Waals surface area contributed by atoms with E-state index in [1.54, 1.807) is 0 Å². The summed E-state index contributed by atoms with van der Waals surface area (Å²) in [4.78, 5) is 2.42. The SMILES string of the molecule is N#Cc1nnn(CCN2CCCC2)c1-c1ccc(Cl)cc1. The molecule has 1 aliphatic rings. The van der Waals surface area contributed by atoms with Crippen LogP contribution in [0, 0.1) is 11.3 Å². The molecular formula is C15H16ClN5. The van der Waals surface area contributed by atoms with Crippen molar-refractivity contribution >= 4 is 11.6 Å². The highest BCUT2D eigenvalue weighted by molar-refractivity contribution is 6.30. The summed E-state index contributed by atoms with van der Waals surface area (Å²) in [5.41, 5.74) is 2.05. The molecule has 0 radical (unpaired) electrons. The molecule has 0 aliphatic carbocycles. The Hall–Kier alpha value is -1.90. The van der Waals surface area contributed by atoms with Crippen LogP contribution in [0.15, 0.2) is 24.3 Å². The smallest absolute Gasteiger partial charge is 0.190 e. The maximum Gasteiger partial charge on any atom is 0.190 e. The van der Waals surface area contributed by atoms with E-state index in [2.05, 4.69) is 21.3 Å². The summed E-state index contributed by atoms with van der Waals surface area (Å²) in [5.74, 6) is 0. The number of nitrogens with zero attached hydrogens (tertiary/aromatic N) is 5. The lowest BCUT2D eigenvalue weighted by Crippen LogP contribution is -2.24. The lowest BCUT2D eigenvalue weighted by Gasteiger charge is -2.15. The minimum atomic E-state index is 0.360. The maximum atomic E-state index is 9.23. The second kappa shape index (κ2) is 6.25. The third-order valence-electron chi connectivity index (χ3n) is 3.79. The fourth-order valence-electron chi connectivity index (χ4n) is 2.68. The summed E-state index contributed by atoms with van der Waals surface area (Å²) in [6.45, 7) is 3.98. The second-order valence-electron chi connectivity index (χ2n) is 5.18. The average Bonchev–Trinajstić information content (AvgIpc) is 3.15. The van der Waals surface area contributed by atoms with Gasteiger partial charge in [0.1, 0.15) is 11.8 Å². The molecule has 2 aromatic rings. The molecule has 6 heteroatoms. The molecule has 0 amide bonds. The van der Waals surface area contributed by atoms with Gasteiger partial charge in [-0.25, -0.2) is 4.68 Å². The highest BCUT2D eigenvalue weighted by Gasteiger charge is 2.17. The Morgan fingerprint density at radius 1 is 1.14 bits per heavy atom. The van der Waals surface area contributed by atoms with Gasteiger partial charge < -0.3 is 4.90 Å². The monoisotopic (exact) mass is 301 g/mol. The van der Waals surface area contributed by atoms with E-state index in [4.69, 9.17) is 11.6 Å². The lowest BCUT2D eigenvalue weighted by molar-refractivity contribution is 0.315. The van der Waals surface area contributed by atoms with E-state index >= 15 is 0 Å². The molecule has 2 heterocycles. The first-order valence-electron chi connectivity index (χ1n) is 7.10. The summed E-state index contributed by atoms with van der Waals surface area (Å²) < 4.78 is 1.82. The first-order chi connectivity index (χ1) is 10.3. The van der Waals surface area contributed by atoms with Gasteiger partial charge in [-0.2, -0.15) is 5.26 Å². The topological polar surface area (TPSA) is 57.7 Å². The van der Waals surface area contributed by atoms with Crippen molar-refractivity contribution in [1.29, 1.82) is 5.26 Å². The largest absolute Gasteiger partial charge is 0.301 e. The molecule has 108 valence electrons. The first-order valence-corrected chi connectivity index (χ1v) is 7.47. The number of benzene rings is 1. The summed E-state index contributed by atoms with van der Waals surface area (Å²) in [6, 6.07) is 9.54. The summed E-state index contributed by atoms with van der Waals surface area (Å²) in [5, 5.41) is 18.0. The normalized spacial score (nSPS) is 15.2. The van der Waals surface area contributed by atoms with E-state index in [0.29, 0.717) is 10.7 Å². The molecule has 1 saturated heterocycles. The zero-order valence-corrected chi connectivity index (χ0v) is 12.4. The van der Waals surface area contributed by atoms with Crippen molar-refractivity contribution in [1.82, 2.24) is 19.9 Å². The van der Waals surface area contributed by atoms with Crippen molar-refractivity contribution in [3.63, 3.8) is 0 Å². The van der Waals surface area contributed by atoms with Crippen molar-refractivity contribution in [2.24, 2.45) is 0 Å². The van der Waals surface area contributed by atoms with Gasteiger partial charge in [0.25, 0.3) is 0 Å². The molecule has 0 spiro atoms. The number of likely N-dealkylation sites (tertiary alicyclic amines) is 1. The van der Waals surface area contributed by atoms with E-state index in [9.17, 15) is 5.26 Å². The summed E-state index contributed by atoms with van der Waals surface area (Å²) >= 11 is 5.92. The Balaban J connectivity index is 1.85. The predicted molar refractivity (Wildman–Crippen MR) is 80.9 cm³/mol. The second-order valence-corrected chi connectivity index (χ2v) is 5.61. The zero-order valence-electron chi connectivity index (χ0n) is 11.7. The van der Waals surface area contributed by atoms with Crippen molar-refractivity contribution < 1.29 is 0 Å². The summed E-state index contributed by atoms with van der Waals surface area (Å²) in [6.07, 6.45) is 2.54. The quantitative estimate of drug-likeness (QED) is 0.871. The van der Waals surface area contributed by atoms with E-state index in [1.165, 1.54) is 12.8 Å². The Bertz CT molecular complexity index is 650. The van der Waals surface area contributed by atoms with Gasteiger partial charge in [0, 0.05) is 17.1 Å². The summed E-state index contributed by atoms with van der Waals surface area (Å²) in [7, 11) is 0. The number of halogens is 1. The molecule has 0 N–H and O–H groups in total. The van der Waals surface area contributed by atoms with Crippen molar-refractivity contribution in [3.8, 4) is 17.3 Å². The van der Waals surface area contributed by atoms with E-state index < -0.39 is 0 Å². The predicted octanol–water partition coefficient (Wildman–Crippen LogP) is 2.57. The van der Waals surface area contributed by atoms with Crippen molar-refractivity contribution in [3.05, 3.63) is 35.0 Å².